The maximum absolute atomic E-state index is 5.59. The molecule has 0 unspecified atom stereocenters. The Hall–Kier alpha value is -2.40. The molecule has 0 aliphatic carbocycles. The molecule has 4 nitrogen and oxygen atoms in total. The van der Waals surface area contributed by atoms with Crippen molar-refractivity contribution >= 4 is 11.3 Å². The van der Waals surface area contributed by atoms with Gasteiger partial charge in [0.2, 0.25) is 5.88 Å². The highest BCUT2D eigenvalue weighted by atomic mass is 32.1. The van der Waals surface area contributed by atoms with Crippen LogP contribution in [0, 0.1) is 0 Å². The van der Waals surface area contributed by atoms with E-state index >= 15 is 0 Å². The molecule has 0 radical (unpaired) electrons. The monoisotopic (exact) mass is 298 g/mol. The highest BCUT2D eigenvalue weighted by Crippen LogP contribution is 2.27. The second-order valence-corrected chi connectivity index (χ2v) is 5.19. The van der Waals surface area contributed by atoms with Crippen molar-refractivity contribution in [2.24, 2.45) is 0 Å². The highest BCUT2D eigenvalue weighted by Gasteiger charge is 2.06. The number of pyridine rings is 1. The van der Waals surface area contributed by atoms with Gasteiger partial charge in [-0.15, -0.1) is 11.3 Å². The van der Waals surface area contributed by atoms with E-state index in [1.54, 1.807) is 24.6 Å². The summed E-state index contributed by atoms with van der Waals surface area (Å²) < 4.78 is 10.8. The summed E-state index contributed by atoms with van der Waals surface area (Å²) in [7, 11) is 1.66. The molecule has 2 aromatic heterocycles. The zero-order chi connectivity index (χ0) is 14.5. The van der Waals surface area contributed by atoms with E-state index in [9.17, 15) is 0 Å². The maximum Gasteiger partial charge on any atom is 0.213 e. The molecule has 3 rings (SSSR count). The van der Waals surface area contributed by atoms with E-state index in [0.29, 0.717) is 12.5 Å². The molecule has 3 aromatic rings. The summed E-state index contributed by atoms with van der Waals surface area (Å²) in [6.07, 6.45) is 1.71. The summed E-state index contributed by atoms with van der Waals surface area (Å²) in [5, 5.41) is 2.95. The molecule has 0 N–H and O–H groups in total. The third-order valence-corrected chi connectivity index (χ3v) is 3.81. The zero-order valence-corrected chi connectivity index (χ0v) is 12.3. The summed E-state index contributed by atoms with van der Waals surface area (Å²) in [5.41, 5.74) is 1.94. The summed E-state index contributed by atoms with van der Waals surface area (Å²) in [6.45, 7) is 0.414. The van der Waals surface area contributed by atoms with Crippen LogP contribution in [0.25, 0.3) is 10.6 Å². The van der Waals surface area contributed by atoms with Crippen molar-refractivity contribution in [2.75, 3.05) is 7.11 Å². The second kappa shape index (κ2) is 6.37. The lowest BCUT2D eigenvalue weighted by atomic mass is 10.2. The first kappa shape index (κ1) is 13.6. The summed E-state index contributed by atoms with van der Waals surface area (Å²) in [6, 6.07) is 13.5. The minimum Gasteiger partial charge on any atom is -0.497 e. The molecule has 0 saturated heterocycles. The van der Waals surface area contributed by atoms with Gasteiger partial charge >= 0.3 is 0 Å². The molecule has 2 heterocycles. The first-order valence-corrected chi connectivity index (χ1v) is 7.36. The van der Waals surface area contributed by atoms with Crippen molar-refractivity contribution in [3.8, 4) is 22.2 Å². The van der Waals surface area contributed by atoms with Crippen molar-refractivity contribution in [1.82, 2.24) is 9.97 Å². The molecule has 1 aromatic carbocycles. The Kier molecular flexibility index (Phi) is 4.12. The van der Waals surface area contributed by atoms with Gasteiger partial charge in [0.25, 0.3) is 0 Å². The van der Waals surface area contributed by atoms with Crippen LogP contribution in [0.5, 0.6) is 11.6 Å². The Labute approximate surface area is 127 Å². The van der Waals surface area contributed by atoms with Crippen molar-refractivity contribution in [1.29, 1.82) is 0 Å². The molecular weight excluding hydrogens is 284 g/mol. The first-order valence-electron chi connectivity index (χ1n) is 6.48. The second-order valence-electron chi connectivity index (χ2n) is 4.33. The normalized spacial score (nSPS) is 10.3. The fraction of sp³-hybridized carbons (Fsp3) is 0.125. The lowest BCUT2D eigenvalue weighted by Gasteiger charge is -2.02. The predicted octanol–water partition coefficient (Wildman–Crippen LogP) is 3.79. The van der Waals surface area contributed by atoms with E-state index in [2.05, 4.69) is 9.97 Å². The molecule has 0 spiro atoms. The number of thiazole rings is 1. The van der Waals surface area contributed by atoms with Crippen LogP contribution >= 0.6 is 11.3 Å². The third kappa shape index (κ3) is 3.38. The number of ether oxygens (including phenoxy) is 2. The predicted molar refractivity (Wildman–Crippen MR) is 82.7 cm³/mol. The lowest BCUT2D eigenvalue weighted by Crippen LogP contribution is -1.97. The van der Waals surface area contributed by atoms with Gasteiger partial charge in [0.15, 0.2) is 0 Å². The average molecular weight is 298 g/mol. The van der Waals surface area contributed by atoms with Gasteiger partial charge in [0.05, 0.1) is 12.8 Å². The van der Waals surface area contributed by atoms with Gasteiger partial charge in [-0.1, -0.05) is 18.2 Å². The number of hydrogen-bond acceptors (Lipinski definition) is 5. The number of methoxy groups -OCH3 is 1. The van der Waals surface area contributed by atoms with E-state index in [-0.39, 0.29) is 0 Å². The van der Waals surface area contributed by atoms with Crippen LogP contribution in [0.4, 0.5) is 0 Å². The zero-order valence-electron chi connectivity index (χ0n) is 11.5. The van der Waals surface area contributed by atoms with E-state index in [4.69, 9.17) is 9.47 Å². The van der Waals surface area contributed by atoms with Crippen LogP contribution in [0.1, 0.15) is 5.69 Å². The molecule has 5 heteroatoms. The third-order valence-electron chi connectivity index (χ3n) is 2.87. The van der Waals surface area contributed by atoms with Crippen LogP contribution in [-0.4, -0.2) is 17.1 Å². The number of aromatic nitrogens is 2. The standard InChI is InChI=1S/C16H14N2O2S/c1-19-14-6-4-5-12(9-14)16-18-13(11-21-16)10-20-15-7-2-3-8-17-15/h2-9,11H,10H2,1H3. The molecule has 0 aliphatic heterocycles. The van der Waals surface area contributed by atoms with E-state index in [0.717, 1.165) is 22.0 Å². The van der Waals surface area contributed by atoms with E-state index in [1.165, 1.54) is 0 Å². The van der Waals surface area contributed by atoms with E-state index < -0.39 is 0 Å². The van der Waals surface area contributed by atoms with Crippen LogP contribution in [0.2, 0.25) is 0 Å². The van der Waals surface area contributed by atoms with Gasteiger partial charge in [-0.05, 0) is 18.2 Å². The molecule has 0 amide bonds. The van der Waals surface area contributed by atoms with Gasteiger partial charge < -0.3 is 9.47 Å². The van der Waals surface area contributed by atoms with Gasteiger partial charge in [0, 0.05) is 23.2 Å². The van der Waals surface area contributed by atoms with E-state index in [1.807, 2.05) is 47.8 Å². The minimum atomic E-state index is 0.414. The summed E-state index contributed by atoms with van der Waals surface area (Å²) in [4.78, 5) is 8.70. The Morgan fingerprint density at radius 2 is 2.10 bits per heavy atom. The minimum absolute atomic E-state index is 0.414. The van der Waals surface area contributed by atoms with Crippen LogP contribution < -0.4 is 9.47 Å². The SMILES string of the molecule is COc1cccc(-c2nc(COc3ccccn3)cs2)c1. The van der Waals surface area contributed by atoms with Gasteiger partial charge in [-0.2, -0.15) is 0 Å². The fourth-order valence-corrected chi connectivity index (χ4v) is 2.64. The topological polar surface area (TPSA) is 44.2 Å². The molecule has 0 atom stereocenters. The average Bonchev–Trinajstić information content (AvgIpc) is 3.03. The maximum atomic E-state index is 5.59. The van der Waals surface area contributed by atoms with Gasteiger partial charge in [-0.3, -0.25) is 0 Å². The Bertz CT molecular complexity index is 713. The summed E-state index contributed by atoms with van der Waals surface area (Å²) >= 11 is 1.59. The number of benzene rings is 1. The van der Waals surface area contributed by atoms with Crippen molar-refractivity contribution in [2.45, 2.75) is 6.61 Å². The molecule has 0 saturated carbocycles. The van der Waals surface area contributed by atoms with Crippen molar-refractivity contribution in [3.63, 3.8) is 0 Å². The van der Waals surface area contributed by atoms with Gasteiger partial charge in [-0.25, -0.2) is 9.97 Å². The molecule has 0 aliphatic rings. The molecular formula is C16H14N2O2S. The molecule has 0 bridgehead atoms. The molecule has 106 valence electrons. The quantitative estimate of drug-likeness (QED) is 0.719. The van der Waals surface area contributed by atoms with Crippen molar-refractivity contribution < 1.29 is 9.47 Å². The lowest BCUT2D eigenvalue weighted by molar-refractivity contribution is 0.290. The van der Waals surface area contributed by atoms with Crippen LogP contribution in [0.3, 0.4) is 0 Å². The fourth-order valence-electron chi connectivity index (χ4n) is 1.84. The van der Waals surface area contributed by atoms with Crippen LogP contribution in [0.15, 0.2) is 54.0 Å². The Balaban J connectivity index is 1.71. The number of nitrogens with zero attached hydrogens (tertiary/aromatic N) is 2. The first-order chi connectivity index (χ1) is 10.3. The van der Waals surface area contributed by atoms with Crippen LogP contribution in [-0.2, 0) is 6.61 Å². The Morgan fingerprint density at radius 3 is 2.90 bits per heavy atom. The number of hydrogen-bond donors (Lipinski definition) is 0. The van der Waals surface area contributed by atoms with Gasteiger partial charge in [0.1, 0.15) is 17.4 Å². The Morgan fingerprint density at radius 1 is 1.14 bits per heavy atom. The smallest absolute Gasteiger partial charge is 0.213 e. The molecule has 21 heavy (non-hydrogen) atoms. The summed E-state index contributed by atoms with van der Waals surface area (Å²) in [5.74, 6) is 1.43. The van der Waals surface area contributed by atoms with Crippen molar-refractivity contribution in [3.05, 3.63) is 59.7 Å². The highest BCUT2D eigenvalue weighted by molar-refractivity contribution is 7.13. The largest absolute Gasteiger partial charge is 0.497 e. The number of rotatable bonds is 5. The molecule has 0 fully saturated rings.